The number of nitro benzene ring substituents is 1. The summed E-state index contributed by atoms with van der Waals surface area (Å²) in [4.78, 5) is 34.2. The first-order chi connectivity index (χ1) is 12.8. The molecule has 0 saturated heterocycles. The maximum atomic E-state index is 12.2. The second-order valence-corrected chi connectivity index (χ2v) is 6.12. The fourth-order valence-electron chi connectivity index (χ4n) is 1.96. The topological polar surface area (TPSA) is 125 Å². The number of nitro groups is 1. The standard InChI is InChI=1S/C16H13F2N3O5S/c17-16(18)27-11-4-1-9(2-5-11)20-14(22)8-26-15(23)12-7-10(21(24)25)3-6-13(12)19/h1-7,16H,8,19H2,(H,20,22). The van der Waals surface area contributed by atoms with Gasteiger partial charge in [0.25, 0.3) is 17.4 Å². The van der Waals surface area contributed by atoms with Crippen molar-refractivity contribution in [3.8, 4) is 0 Å². The zero-order valence-corrected chi connectivity index (χ0v) is 14.4. The molecule has 0 heterocycles. The van der Waals surface area contributed by atoms with Crippen molar-refractivity contribution >= 4 is 40.7 Å². The fourth-order valence-corrected chi connectivity index (χ4v) is 2.46. The molecule has 11 heteroatoms. The first-order valence-electron chi connectivity index (χ1n) is 7.32. The van der Waals surface area contributed by atoms with Crippen LogP contribution in [0.3, 0.4) is 0 Å². The molecule has 8 nitrogen and oxygen atoms in total. The van der Waals surface area contributed by atoms with Crippen LogP contribution in [0, 0.1) is 10.1 Å². The lowest BCUT2D eigenvalue weighted by Crippen LogP contribution is -2.21. The molecule has 2 aromatic carbocycles. The Morgan fingerprint density at radius 2 is 1.89 bits per heavy atom. The fraction of sp³-hybridized carbons (Fsp3) is 0.125. The summed E-state index contributed by atoms with van der Waals surface area (Å²) >= 11 is 0.367. The average molecular weight is 397 g/mol. The number of anilines is 2. The Morgan fingerprint density at radius 3 is 2.48 bits per heavy atom. The monoisotopic (exact) mass is 397 g/mol. The number of non-ortho nitro benzene ring substituents is 1. The highest BCUT2D eigenvalue weighted by atomic mass is 32.2. The molecule has 0 atom stereocenters. The molecule has 0 aromatic heterocycles. The molecule has 2 rings (SSSR count). The molecular formula is C16H13F2N3O5S. The van der Waals surface area contributed by atoms with Gasteiger partial charge in [0.2, 0.25) is 0 Å². The highest BCUT2D eigenvalue weighted by Gasteiger charge is 2.17. The van der Waals surface area contributed by atoms with Gasteiger partial charge in [-0.05, 0) is 30.3 Å². The van der Waals surface area contributed by atoms with Gasteiger partial charge in [0, 0.05) is 28.4 Å². The van der Waals surface area contributed by atoms with Crippen LogP contribution in [0.1, 0.15) is 10.4 Å². The molecule has 0 aliphatic rings. The Labute approximate surface area is 155 Å². The highest BCUT2D eigenvalue weighted by molar-refractivity contribution is 7.99. The predicted molar refractivity (Wildman–Crippen MR) is 94.7 cm³/mol. The molecule has 0 bridgehead atoms. The molecule has 2 aromatic rings. The maximum absolute atomic E-state index is 12.2. The minimum absolute atomic E-state index is 0.0295. The van der Waals surface area contributed by atoms with Gasteiger partial charge in [-0.1, -0.05) is 11.8 Å². The number of nitrogen functional groups attached to an aromatic ring is 1. The van der Waals surface area contributed by atoms with E-state index in [1.165, 1.54) is 30.3 Å². The minimum atomic E-state index is -2.55. The second kappa shape index (κ2) is 8.94. The normalized spacial score (nSPS) is 10.5. The van der Waals surface area contributed by atoms with Crippen LogP contribution in [0.4, 0.5) is 25.8 Å². The van der Waals surface area contributed by atoms with Gasteiger partial charge in [0.1, 0.15) is 0 Å². The van der Waals surface area contributed by atoms with Crippen molar-refractivity contribution in [3.05, 3.63) is 58.1 Å². The van der Waals surface area contributed by atoms with Crippen LogP contribution in [0.5, 0.6) is 0 Å². The number of hydrogen-bond acceptors (Lipinski definition) is 7. The Hall–Kier alpha value is -3.21. The van der Waals surface area contributed by atoms with Gasteiger partial charge < -0.3 is 15.8 Å². The van der Waals surface area contributed by atoms with E-state index in [4.69, 9.17) is 10.5 Å². The largest absolute Gasteiger partial charge is 0.452 e. The van der Waals surface area contributed by atoms with Crippen molar-refractivity contribution in [1.29, 1.82) is 0 Å². The Balaban J connectivity index is 1.92. The summed E-state index contributed by atoms with van der Waals surface area (Å²) in [6.07, 6.45) is 0. The van der Waals surface area contributed by atoms with Gasteiger partial charge in [0.15, 0.2) is 6.61 Å². The summed E-state index contributed by atoms with van der Waals surface area (Å²) in [6, 6.07) is 8.92. The number of hydrogen-bond donors (Lipinski definition) is 2. The molecule has 0 unspecified atom stereocenters. The maximum Gasteiger partial charge on any atom is 0.341 e. The Morgan fingerprint density at radius 1 is 1.22 bits per heavy atom. The first kappa shape index (κ1) is 20.1. The SMILES string of the molecule is Nc1ccc([N+](=O)[O-])cc1C(=O)OCC(=O)Nc1ccc(SC(F)F)cc1. The van der Waals surface area contributed by atoms with Crippen LogP contribution >= 0.6 is 11.8 Å². The smallest absolute Gasteiger partial charge is 0.341 e. The number of amides is 1. The van der Waals surface area contributed by atoms with Gasteiger partial charge in [-0.15, -0.1) is 0 Å². The van der Waals surface area contributed by atoms with Crippen molar-refractivity contribution < 1.29 is 28.0 Å². The predicted octanol–water partition coefficient (Wildman–Crippen LogP) is 3.29. The van der Waals surface area contributed by atoms with Crippen LogP contribution < -0.4 is 11.1 Å². The second-order valence-electron chi connectivity index (χ2n) is 5.06. The molecule has 0 spiro atoms. The number of carbonyl (C=O) groups is 2. The summed E-state index contributed by atoms with van der Waals surface area (Å²) in [5.41, 5.74) is 5.31. The van der Waals surface area contributed by atoms with Gasteiger partial charge in [-0.25, -0.2) is 4.79 Å². The Bertz CT molecular complexity index is 862. The third kappa shape index (κ3) is 5.92. The molecule has 3 N–H and O–H groups in total. The van der Waals surface area contributed by atoms with E-state index in [1.807, 2.05) is 0 Å². The van der Waals surface area contributed by atoms with E-state index in [2.05, 4.69) is 5.32 Å². The van der Waals surface area contributed by atoms with E-state index in [-0.39, 0.29) is 16.9 Å². The number of thioether (sulfide) groups is 1. The lowest BCUT2D eigenvalue weighted by atomic mass is 10.1. The van der Waals surface area contributed by atoms with E-state index >= 15 is 0 Å². The van der Waals surface area contributed by atoms with Crippen LogP contribution in [-0.2, 0) is 9.53 Å². The summed E-state index contributed by atoms with van der Waals surface area (Å²) < 4.78 is 29.3. The van der Waals surface area contributed by atoms with Crippen LogP contribution in [0.2, 0.25) is 0 Å². The van der Waals surface area contributed by atoms with Crippen LogP contribution in [0.15, 0.2) is 47.4 Å². The molecule has 27 heavy (non-hydrogen) atoms. The van der Waals surface area contributed by atoms with Crippen LogP contribution in [-0.4, -0.2) is 29.2 Å². The number of carbonyl (C=O) groups excluding carboxylic acids is 2. The molecule has 0 aliphatic carbocycles. The molecule has 0 saturated carbocycles. The highest BCUT2D eigenvalue weighted by Crippen LogP contribution is 2.26. The minimum Gasteiger partial charge on any atom is -0.452 e. The number of esters is 1. The van der Waals surface area contributed by atoms with E-state index in [9.17, 15) is 28.5 Å². The first-order valence-corrected chi connectivity index (χ1v) is 8.20. The zero-order chi connectivity index (χ0) is 20.0. The van der Waals surface area contributed by atoms with Crippen molar-refractivity contribution in [3.63, 3.8) is 0 Å². The van der Waals surface area contributed by atoms with E-state index in [0.29, 0.717) is 22.3 Å². The Kier molecular flexibility index (Phi) is 6.66. The van der Waals surface area contributed by atoms with Crippen molar-refractivity contribution in [1.82, 2.24) is 0 Å². The molecule has 0 fully saturated rings. The van der Waals surface area contributed by atoms with Crippen LogP contribution in [0.25, 0.3) is 0 Å². The third-order valence-electron chi connectivity index (χ3n) is 3.17. The van der Waals surface area contributed by atoms with Gasteiger partial charge in [-0.2, -0.15) is 8.78 Å². The zero-order valence-electron chi connectivity index (χ0n) is 13.6. The number of nitrogens with one attached hydrogen (secondary N) is 1. The summed E-state index contributed by atoms with van der Waals surface area (Å²) in [6.45, 7) is -0.658. The number of halogens is 2. The number of rotatable bonds is 7. The lowest BCUT2D eigenvalue weighted by Gasteiger charge is -2.08. The number of nitrogens with zero attached hydrogens (tertiary/aromatic N) is 1. The summed E-state index contributed by atoms with van der Waals surface area (Å²) in [5.74, 6) is -4.22. The van der Waals surface area contributed by atoms with Gasteiger partial charge in [-0.3, -0.25) is 14.9 Å². The summed E-state index contributed by atoms with van der Waals surface area (Å²) in [7, 11) is 0. The third-order valence-corrected chi connectivity index (χ3v) is 3.89. The van der Waals surface area contributed by atoms with E-state index in [0.717, 1.165) is 12.1 Å². The van der Waals surface area contributed by atoms with E-state index < -0.39 is 29.2 Å². The quantitative estimate of drug-likeness (QED) is 0.241. The number of ether oxygens (including phenoxy) is 1. The molecular weight excluding hydrogens is 384 g/mol. The number of nitrogens with two attached hydrogens (primary N) is 1. The van der Waals surface area contributed by atoms with Crippen molar-refractivity contribution in [2.75, 3.05) is 17.7 Å². The van der Waals surface area contributed by atoms with Crippen molar-refractivity contribution in [2.45, 2.75) is 10.7 Å². The van der Waals surface area contributed by atoms with Crippen molar-refractivity contribution in [2.24, 2.45) is 0 Å². The molecule has 142 valence electrons. The molecule has 1 amide bonds. The number of alkyl halides is 2. The van der Waals surface area contributed by atoms with E-state index in [1.54, 1.807) is 0 Å². The summed E-state index contributed by atoms with van der Waals surface area (Å²) in [5, 5.41) is 13.2. The molecule has 0 radical (unpaired) electrons. The van der Waals surface area contributed by atoms with Gasteiger partial charge >= 0.3 is 5.97 Å². The van der Waals surface area contributed by atoms with Gasteiger partial charge in [0.05, 0.1) is 10.5 Å². The number of benzene rings is 2. The average Bonchev–Trinajstić information content (AvgIpc) is 2.61. The molecule has 0 aliphatic heterocycles. The lowest BCUT2D eigenvalue weighted by molar-refractivity contribution is -0.384.